The third-order valence-electron chi connectivity index (χ3n) is 3.59. The molecule has 2 N–H and O–H groups in total. The fourth-order valence-electron chi connectivity index (χ4n) is 2.51. The zero-order chi connectivity index (χ0) is 16.6. The summed E-state index contributed by atoms with van der Waals surface area (Å²) in [4.78, 5) is 0. The van der Waals surface area contributed by atoms with Gasteiger partial charge in [-0.1, -0.05) is 36.5 Å². The van der Waals surface area contributed by atoms with Crippen LogP contribution >= 0.6 is 23.2 Å². The van der Waals surface area contributed by atoms with E-state index in [2.05, 4.69) is 22.2 Å². The predicted molar refractivity (Wildman–Crippen MR) is 91.9 cm³/mol. The third-order valence-corrected chi connectivity index (χ3v) is 4.10. The van der Waals surface area contributed by atoms with Crippen molar-refractivity contribution < 1.29 is 5.11 Å². The normalized spacial score (nSPS) is 11.1. The predicted octanol–water partition coefficient (Wildman–Crippen LogP) is 4.44. The second-order valence-electron chi connectivity index (χ2n) is 5.35. The van der Waals surface area contributed by atoms with Crippen LogP contribution in [0, 0.1) is 0 Å². The first-order valence-corrected chi connectivity index (χ1v) is 8.02. The van der Waals surface area contributed by atoms with Crippen LogP contribution in [0.4, 0.5) is 0 Å². The fraction of sp³-hybridized carbons (Fsp3) is 0.250. The van der Waals surface area contributed by atoms with Crippen LogP contribution in [-0.4, -0.2) is 25.1 Å². The number of aromatic nitrogens is 4. The summed E-state index contributed by atoms with van der Waals surface area (Å²) in [5.41, 5.74) is 3.84. The van der Waals surface area contributed by atoms with E-state index in [0.29, 0.717) is 16.3 Å². The number of H-pyrrole nitrogens is 1. The van der Waals surface area contributed by atoms with Crippen molar-refractivity contribution in [1.29, 1.82) is 0 Å². The first kappa shape index (κ1) is 15.9. The minimum atomic E-state index is -0.0363. The van der Waals surface area contributed by atoms with E-state index in [1.54, 1.807) is 6.07 Å². The lowest BCUT2D eigenvalue weighted by molar-refractivity contribution is 0.477. The smallest absolute Gasteiger partial charge is 0.143 e. The minimum absolute atomic E-state index is 0.0363. The lowest BCUT2D eigenvalue weighted by Gasteiger charge is -2.03. The van der Waals surface area contributed by atoms with E-state index in [0.717, 1.165) is 29.9 Å². The van der Waals surface area contributed by atoms with Gasteiger partial charge in [0.2, 0.25) is 0 Å². The van der Waals surface area contributed by atoms with Crippen LogP contribution in [0.1, 0.15) is 19.0 Å². The van der Waals surface area contributed by atoms with Crippen LogP contribution in [0.5, 0.6) is 5.75 Å². The highest BCUT2D eigenvalue weighted by Crippen LogP contribution is 2.38. The van der Waals surface area contributed by atoms with E-state index >= 15 is 0 Å². The first-order valence-electron chi connectivity index (χ1n) is 7.26. The molecule has 2 heterocycles. The van der Waals surface area contributed by atoms with Gasteiger partial charge in [-0.15, -0.1) is 0 Å². The number of hydrogen-bond donors (Lipinski definition) is 2. The van der Waals surface area contributed by atoms with Crippen LogP contribution < -0.4 is 0 Å². The largest absolute Gasteiger partial charge is 0.506 e. The summed E-state index contributed by atoms with van der Waals surface area (Å²) in [5.74, 6) is -0.0363. The van der Waals surface area contributed by atoms with Crippen LogP contribution in [0.15, 0.2) is 24.3 Å². The Kier molecular flexibility index (Phi) is 4.33. The summed E-state index contributed by atoms with van der Waals surface area (Å²) in [6.45, 7) is 2.12. The van der Waals surface area contributed by atoms with E-state index in [4.69, 9.17) is 23.2 Å². The van der Waals surface area contributed by atoms with Crippen LogP contribution in [-0.2, 0) is 13.5 Å². The fourth-order valence-corrected chi connectivity index (χ4v) is 3.00. The molecule has 120 valence electrons. The van der Waals surface area contributed by atoms with Crippen molar-refractivity contribution in [2.45, 2.75) is 19.8 Å². The maximum atomic E-state index is 10.1. The Hall–Kier alpha value is -1.98. The Morgan fingerprint density at radius 3 is 2.74 bits per heavy atom. The molecule has 0 bridgehead atoms. The van der Waals surface area contributed by atoms with Gasteiger partial charge in [-0.05, 0) is 30.7 Å². The molecule has 0 saturated heterocycles. The molecule has 1 aromatic carbocycles. The molecule has 3 rings (SSSR count). The number of aryl methyl sites for hydroxylation is 2. The maximum Gasteiger partial charge on any atom is 0.143 e. The highest BCUT2D eigenvalue weighted by molar-refractivity contribution is 6.36. The number of hydrogen-bond acceptors (Lipinski definition) is 3. The van der Waals surface area contributed by atoms with Crippen LogP contribution in [0.25, 0.3) is 22.6 Å². The Labute approximate surface area is 143 Å². The van der Waals surface area contributed by atoms with Gasteiger partial charge in [-0.3, -0.25) is 9.78 Å². The Morgan fingerprint density at radius 2 is 2.00 bits per heavy atom. The summed E-state index contributed by atoms with van der Waals surface area (Å²) < 4.78 is 1.81. The average molecular weight is 351 g/mol. The highest BCUT2D eigenvalue weighted by Gasteiger charge is 2.15. The van der Waals surface area contributed by atoms with E-state index in [1.165, 1.54) is 6.07 Å². The molecule has 0 atom stereocenters. The molecule has 3 aromatic rings. The Balaban J connectivity index is 2.01. The monoisotopic (exact) mass is 350 g/mol. The zero-order valence-electron chi connectivity index (χ0n) is 12.8. The van der Waals surface area contributed by atoms with Gasteiger partial charge in [-0.25, -0.2) is 0 Å². The molecule has 0 saturated carbocycles. The molecule has 0 amide bonds. The first-order chi connectivity index (χ1) is 11.0. The van der Waals surface area contributed by atoms with Crippen LogP contribution in [0.3, 0.4) is 0 Å². The number of benzene rings is 1. The SMILES string of the molecule is CCCc1cc(-c2cc(-c3cc(Cl)cc(Cl)c3O)n[nH]2)n(C)n1. The number of aromatic hydroxyl groups is 1. The number of nitrogens with one attached hydrogen (secondary N) is 1. The standard InChI is InChI=1S/C16H16Cl2N4O/c1-3-4-10-7-15(22(2)21-10)14-8-13(19-20-14)11-5-9(17)6-12(18)16(11)23/h5-8,23H,3-4H2,1-2H3,(H,19,20). The molecule has 0 aliphatic rings. The molecule has 5 nitrogen and oxygen atoms in total. The summed E-state index contributed by atoms with van der Waals surface area (Å²) >= 11 is 12.0. The number of phenols is 1. The number of rotatable bonds is 4. The molecule has 7 heteroatoms. The molecule has 2 aromatic heterocycles. The van der Waals surface area contributed by atoms with Gasteiger partial charge in [0.25, 0.3) is 0 Å². The van der Waals surface area contributed by atoms with Crippen molar-refractivity contribution in [3.63, 3.8) is 0 Å². The number of aromatic amines is 1. The minimum Gasteiger partial charge on any atom is -0.506 e. The van der Waals surface area contributed by atoms with Crippen molar-refractivity contribution in [3.05, 3.63) is 40.0 Å². The van der Waals surface area contributed by atoms with Crippen molar-refractivity contribution in [2.24, 2.45) is 7.05 Å². The highest BCUT2D eigenvalue weighted by atomic mass is 35.5. The van der Waals surface area contributed by atoms with E-state index in [1.807, 2.05) is 23.9 Å². The quantitative estimate of drug-likeness (QED) is 0.730. The van der Waals surface area contributed by atoms with Crippen molar-refractivity contribution >= 4 is 23.2 Å². The summed E-state index contributed by atoms with van der Waals surface area (Å²) in [5, 5.41) is 22.5. The van der Waals surface area contributed by atoms with Gasteiger partial charge in [0.1, 0.15) is 5.75 Å². The third kappa shape index (κ3) is 3.07. The van der Waals surface area contributed by atoms with E-state index < -0.39 is 0 Å². The maximum absolute atomic E-state index is 10.1. The lowest BCUT2D eigenvalue weighted by atomic mass is 10.1. The van der Waals surface area contributed by atoms with Gasteiger partial charge < -0.3 is 5.11 Å². The van der Waals surface area contributed by atoms with Gasteiger partial charge in [-0.2, -0.15) is 10.2 Å². The number of phenolic OH excluding ortho intramolecular Hbond substituents is 1. The molecule has 0 aliphatic heterocycles. The van der Waals surface area contributed by atoms with Crippen LogP contribution in [0.2, 0.25) is 10.0 Å². The molecule has 0 spiro atoms. The lowest BCUT2D eigenvalue weighted by Crippen LogP contribution is -1.94. The van der Waals surface area contributed by atoms with Gasteiger partial charge in [0.15, 0.2) is 0 Å². The molecular formula is C16H16Cl2N4O. The summed E-state index contributed by atoms with van der Waals surface area (Å²) in [6, 6.07) is 7.00. The van der Waals surface area contributed by atoms with E-state index in [-0.39, 0.29) is 10.8 Å². The molecule has 0 unspecified atom stereocenters. The Morgan fingerprint density at radius 1 is 1.22 bits per heavy atom. The van der Waals surface area contributed by atoms with Gasteiger partial charge in [0.05, 0.1) is 27.8 Å². The summed E-state index contributed by atoms with van der Waals surface area (Å²) in [6.07, 6.45) is 1.97. The number of halogens is 2. The van der Waals surface area contributed by atoms with Gasteiger partial charge in [0, 0.05) is 17.6 Å². The van der Waals surface area contributed by atoms with Gasteiger partial charge >= 0.3 is 0 Å². The second kappa shape index (κ2) is 6.26. The topological polar surface area (TPSA) is 66.7 Å². The zero-order valence-corrected chi connectivity index (χ0v) is 14.3. The average Bonchev–Trinajstić information content (AvgIpc) is 3.10. The molecular weight excluding hydrogens is 335 g/mol. The molecule has 0 fully saturated rings. The van der Waals surface area contributed by atoms with Crippen molar-refractivity contribution in [1.82, 2.24) is 20.0 Å². The number of nitrogens with zero attached hydrogens (tertiary/aromatic N) is 3. The second-order valence-corrected chi connectivity index (χ2v) is 6.19. The summed E-state index contributed by atoms with van der Waals surface area (Å²) in [7, 11) is 1.89. The Bertz CT molecular complexity index is 854. The van der Waals surface area contributed by atoms with Crippen molar-refractivity contribution in [2.75, 3.05) is 0 Å². The van der Waals surface area contributed by atoms with E-state index in [9.17, 15) is 5.11 Å². The molecule has 0 aliphatic carbocycles. The molecule has 0 radical (unpaired) electrons. The molecule has 23 heavy (non-hydrogen) atoms. The van der Waals surface area contributed by atoms with Crippen molar-refractivity contribution in [3.8, 4) is 28.4 Å².